The summed E-state index contributed by atoms with van der Waals surface area (Å²) < 4.78 is 6.08. The van der Waals surface area contributed by atoms with Crippen molar-refractivity contribution < 1.29 is 14.3 Å². The van der Waals surface area contributed by atoms with E-state index in [1.54, 1.807) is 6.92 Å². The smallest absolute Gasteiger partial charge is 0.261 e. The Balaban J connectivity index is 1.64. The highest BCUT2D eigenvalue weighted by Crippen LogP contribution is 2.37. The summed E-state index contributed by atoms with van der Waals surface area (Å²) in [4.78, 5) is 26.7. The molecule has 152 valence electrons. The molecule has 5 nitrogen and oxygen atoms in total. The number of carbonyl (C=O) groups is 2. The van der Waals surface area contributed by atoms with Gasteiger partial charge in [0, 0.05) is 19.5 Å². The van der Waals surface area contributed by atoms with E-state index in [2.05, 4.69) is 23.5 Å². The van der Waals surface area contributed by atoms with Crippen molar-refractivity contribution in [2.24, 2.45) is 0 Å². The topological polar surface area (TPSA) is 58.6 Å². The number of nitrogens with one attached hydrogen (secondary N) is 1. The molecule has 2 amide bonds. The molecule has 1 heterocycles. The lowest BCUT2D eigenvalue weighted by Gasteiger charge is -2.37. The lowest BCUT2D eigenvalue weighted by molar-refractivity contribution is -0.131. The molecule has 0 spiro atoms. The Morgan fingerprint density at radius 3 is 2.59 bits per heavy atom. The van der Waals surface area contributed by atoms with Crippen LogP contribution in [0.2, 0.25) is 0 Å². The summed E-state index contributed by atoms with van der Waals surface area (Å²) >= 11 is 0. The predicted octanol–water partition coefficient (Wildman–Crippen LogP) is 3.62. The first-order valence-corrected chi connectivity index (χ1v) is 10.5. The molecule has 2 aromatic rings. The first-order valence-electron chi connectivity index (χ1n) is 10.5. The van der Waals surface area contributed by atoms with Crippen LogP contribution in [-0.4, -0.2) is 35.4 Å². The van der Waals surface area contributed by atoms with Crippen LogP contribution in [0.5, 0.6) is 5.75 Å². The Kier molecular flexibility index (Phi) is 5.56. The predicted molar refractivity (Wildman–Crippen MR) is 112 cm³/mol. The van der Waals surface area contributed by atoms with Gasteiger partial charge in [-0.25, -0.2) is 0 Å². The van der Waals surface area contributed by atoms with E-state index in [0.717, 1.165) is 30.4 Å². The molecule has 4 rings (SSSR count). The maximum atomic E-state index is 12.5. The molecule has 2 aromatic carbocycles. The van der Waals surface area contributed by atoms with Gasteiger partial charge in [-0.3, -0.25) is 9.59 Å². The van der Waals surface area contributed by atoms with Gasteiger partial charge in [-0.1, -0.05) is 43.3 Å². The third-order valence-electron chi connectivity index (χ3n) is 5.73. The average molecular weight is 392 g/mol. The number of hydrogen-bond donors (Lipinski definition) is 1. The molecule has 0 saturated heterocycles. The fourth-order valence-electron chi connectivity index (χ4n) is 4.01. The molecule has 0 unspecified atom stereocenters. The van der Waals surface area contributed by atoms with Crippen LogP contribution in [0.1, 0.15) is 55.8 Å². The maximum Gasteiger partial charge on any atom is 0.261 e. The van der Waals surface area contributed by atoms with E-state index < -0.39 is 6.10 Å². The molecule has 1 fully saturated rings. The fourth-order valence-corrected chi connectivity index (χ4v) is 4.01. The summed E-state index contributed by atoms with van der Waals surface area (Å²) in [5.74, 6) is 0.691. The minimum atomic E-state index is -0.503. The highest BCUT2D eigenvalue weighted by Gasteiger charge is 2.32. The zero-order valence-electron chi connectivity index (χ0n) is 17.1. The Bertz CT molecular complexity index is 892. The minimum absolute atomic E-state index is 0.0438. The van der Waals surface area contributed by atoms with E-state index in [1.807, 2.05) is 42.2 Å². The number of ether oxygens (including phenoxy) is 1. The number of benzene rings is 2. The van der Waals surface area contributed by atoms with Crippen LogP contribution in [0.4, 0.5) is 0 Å². The minimum Gasteiger partial charge on any atom is -0.481 e. The molecule has 5 heteroatoms. The van der Waals surface area contributed by atoms with Gasteiger partial charge in [0.25, 0.3) is 5.91 Å². The largest absolute Gasteiger partial charge is 0.481 e. The van der Waals surface area contributed by atoms with E-state index >= 15 is 0 Å². The monoisotopic (exact) mass is 392 g/mol. The summed E-state index contributed by atoms with van der Waals surface area (Å²) in [6.07, 6.45) is 3.03. The SMILES string of the molecule is CC[C@@H](Oc1ccc2c(c1)[C@H](c1ccccc1)N(C(C)=O)CC2)C(=O)NC1CC1. The molecule has 1 aliphatic carbocycles. The van der Waals surface area contributed by atoms with Crippen LogP contribution in [0.15, 0.2) is 48.5 Å². The number of carbonyl (C=O) groups excluding carboxylic acids is 2. The van der Waals surface area contributed by atoms with E-state index in [9.17, 15) is 9.59 Å². The van der Waals surface area contributed by atoms with E-state index in [-0.39, 0.29) is 17.9 Å². The van der Waals surface area contributed by atoms with Gasteiger partial charge in [-0.2, -0.15) is 0 Å². The van der Waals surface area contributed by atoms with Crippen LogP contribution < -0.4 is 10.1 Å². The second kappa shape index (κ2) is 8.27. The van der Waals surface area contributed by atoms with Crippen molar-refractivity contribution in [3.63, 3.8) is 0 Å². The van der Waals surface area contributed by atoms with Crippen LogP contribution >= 0.6 is 0 Å². The van der Waals surface area contributed by atoms with Crippen LogP contribution in [0, 0.1) is 0 Å². The second-order valence-corrected chi connectivity index (χ2v) is 7.93. The Labute approximate surface area is 172 Å². The second-order valence-electron chi connectivity index (χ2n) is 7.93. The number of amides is 2. The number of nitrogens with zero attached hydrogens (tertiary/aromatic N) is 1. The van der Waals surface area contributed by atoms with E-state index in [0.29, 0.717) is 24.8 Å². The fraction of sp³-hybridized carbons (Fsp3) is 0.417. The third kappa shape index (κ3) is 4.29. The van der Waals surface area contributed by atoms with Gasteiger partial charge in [0.1, 0.15) is 5.75 Å². The van der Waals surface area contributed by atoms with Gasteiger partial charge in [-0.05, 0) is 54.5 Å². The van der Waals surface area contributed by atoms with Gasteiger partial charge in [0.15, 0.2) is 6.10 Å². The van der Waals surface area contributed by atoms with E-state index in [1.165, 1.54) is 5.56 Å². The Hall–Kier alpha value is -2.82. The first kappa shape index (κ1) is 19.5. The van der Waals surface area contributed by atoms with Gasteiger partial charge >= 0.3 is 0 Å². The molecule has 1 aliphatic heterocycles. The quantitative estimate of drug-likeness (QED) is 0.817. The molecule has 29 heavy (non-hydrogen) atoms. The summed E-state index contributed by atoms with van der Waals surface area (Å²) in [5.41, 5.74) is 3.38. The first-order chi connectivity index (χ1) is 14.1. The standard InChI is InChI=1S/C24H28N2O3/c1-3-22(24(28)25-19-10-11-19)29-20-12-9-17-13-14-26(16(2)27)23(21(17)15-20)18-7-5-4-6-8-18/h4-9,12,15,19,22-23H,3,10-11,13-14H2,1-2H3,(H,25,28)/t22-,23+/m1/s1. The lowest BCUT2D eigenvalue weighted by Crippen LogP contribution is -2.40. The van der Waals surface area contributed by atoms with Gasteiger partial charge in [0.05, 0.1) is 6.04 Å². The van der Waals surface area contributed by atoms with Gasteiger partial charge < -0.3 is 15.0 Å². The van der Waals surface area contributed by atoms with Crippen molar-refractivity contribution >= 4 is 11.8 Å². The third-order valence-corrected chi connectivity index (χ3v) is 5.73. The molecule has 1 saturated carbocycles. The molecule has 0 bridgehead atoms. The van der Waals surface area contributed by atoms with Crippen LogP contribution in [0.25, 0.3) is 0 Å². The number of hydrogen-bond acceptors (Lipinski definition) is 3. The summed E-state index contributed by atoms with van der Waals surface area (Å²) in [5, 5.41) is 3.03. The normalized spacial score (nSPS) is 19.2. The van der Waals surface area contributed by atoms with E-state index in [4.69, 9.17) is 4.74 Å². The molecule has 0 radical (unpaired) electrons. The van der Waals surface area contributed by atoms with Crippen molar-refractivity contribution in [1.29, 1.82) is 0 Å². The van der Waals surface area contributed by atoms with Crippen LogP contribution in [0.3, 0.4) is 0 Å². The van der Waals surface area contributed by atoms with Crippen molar-refractivity contribution in [1.82, 2.24) is 10.2 Å². The molecule has 0 aromatic heterocycles. The van der Waals surface area contributed by atoms with Gasteiger partial charge in [0.2, 0.25) is 5.91 Å². The van der Waals surface area contributed by atoms with Gasteiger partial charge in [-0.15, -0.1) is 0 Å². The molecular formula is C24H28N2O3. The Morgan fingerprint density at radius 1 is 1.17 bits per heavy atom. The molecule has 2 aliphatic rings. The van der Waals surface area contributed by atoms with Crippen molar-refractivity contribution in [3.05, 3.63) is 65.2 Å². The number of fused-ring (bicyclic) bond motifs is 1. The average Bonchev–Trinajstić information content (AvgIpc) is 3.55. The number of rotatable bonds is 6. The maximum absolute atomic E-state index is 12.5. The molecule has 2 atom stereocenters. The zero-order chi connectivity index (χ0) is 20.4. The zero-order valence-corrected chi connectivity index (χ0v) is 17.1. The molecular weight excluding hydrogens is 364 g/mol. The van der Waals surface area contributed by atoms with Crippen LogP contribution in [-0.2, 0) is 16.0 Å². The summed E-state index contributed by atoms with van der Waals surface area (Å²) in [6.45, 7) is 4.28. The van der Waals surface area contributed by atoms with Crippen molar-refractivity contribution in [3.8, 4) is 5.75 Å². The molecule has 1 N–H and O–H groups in total. The lowest BCUT2D eigenvalue weighted by atomic mass is 9.88. The Morgan fingerprint density at radius 2 is 1.93 bits per heavy atom. The van der Waals surface area contributed by atoms with Crippen molar-refractivity contribution in [2.45, 2.75) is 57.7 Å². The summed E-state index contributed by atoms with van der Waals surface area (Å²) in [7, 11) is 0. The van der Waals surface area contributed by atoms with Crippen molar-refractivity contribution in [2.75, 3.05) is 6.54 Å². The summed E-state index contributed by atoms with van der Waals surface area (Å²) in [6, 6.07) is 16.3. The highest BCUT2D eigenvalue weighted by atomic mass is 16.5. The highest BCUT2D eigenvalue weighted by molar-refractivity contribution is 5.81.